The minimum atomic E-state index is -0.711. The molecule has 0 saturated carbocycles. The Morgan fingerprint density at radius 3 is 2.52 bits per heavy atom. The normalized spacial score (nSPS) is 11.4. The van der Waals surface area contributed by atoms with Gasteiger partial charge in [0.2, 0.25) is 0 Å². The van der Waals surface area contributed by atoms with Crippen LogP contribution in [0.2, 0.25) is 0 Å². The van der Waals surface area contributed by atoms with Crippen molar-refractivity contribution in [3.63, 3.8) is 0 Å². The number of amides is 1. The van der Waals surface area contributed by atoms with Crippen LogP contribution in [-0.4, -0.2) is 23.2 Å². The van der Waals surface area contributed by atoms with Crippen LogP contribution < -0.4 is 10.1 Å². The topological polar surface area (TPSA) is 90.7 Å². The number of nitrogens with one attached hydrogen (secondary N) is 1. The van der Waals surface area contributed by atoms with E-state index >= 15 is 0 Å². The molecule has 1 aromatic carbocycles. The van der Waals surface area contributed by atoms with E-state index in [0.29, 0.717) is 0 Å². The number of anilines is 1. The minimum absolute atomic E-state index is 0.155. The quantitative estimate of drug-likeness (QED) is 0.442. The number of hydrogen-bond donors (Lipinski definition) is 1. The van der Waals surface area contributed by atoms with Gasteiger partial charge in [0.1, 0.15) is 18.0 Å². The van der Waals surface area contributed by atoms with E-state index in [9.17, 15) is 14.9 Å². The fourth-order valence-corrected chi connectivity index (χ4v) is 1.76. The molecule has 0 fully saturated rings. The van der Waals surface area contributed by atoms with Crippen molar-refractivity contribution in [2.45, 2.75) is 26.4 Å². The Bertz CT molecular complexity index is 702. The van der Waals surface area contributed by atoms with Gasteiger partial charge in [-0.3, -0.25) is 15.4 Å². The molecule has 0 heterocycles. The molecule has 0 unspecified atom stereocenters. The lowest BCUT2D eigenvalue weighted by Crippen LogP contribution is -2.27. The largest absolute Gasteiger partial charge is 0.489 e. The number of nitro groups is 1. The first-order chi connectivity index (χ1) is 11.6. The predicted octanol–water partition coefficient (Wildman–Crippen LogP) is 4.62. The number of carbonyl (C=O) groups excluding carboxylic acids is 1. The van der Waals surface area contributed by atoms with E-state index in [0.717, 1.165) is 5.57 Å². The van der Waals surface area contributed by atoms with Gasteiger partial charge in [-0.25, -0.2) is 4.79 Å². The van der Waals surface area contributed by atoms with E-state index in [1.807, 2.05) is 0 Å². The lowest BCUT2D eigenvalue weighted by Gasteiger charge is -2.19. The molecule has 0 aromatic heterocycles. The monoisotopic (exact) mass is 346 g/mol. The van der Waals surface area contributed by atoms with Crippen molar-refractivity contribution in [2.24, 2.45) is 0 Å². The van der Waals surface area contributed by atoms with E-state index in [-0.39, 0.29) is 23.7 Å². The minimum Gasteiger partial charge on any atom is -0.489 e. The molecule has 0 radical (unpaired) electrons. The Hall–Kier alpha value is -3.09. The first-order valence-corrected chi connectivity index (χ1v) is 7.51. The molecule has 0 aliphatic rings. The predicted molar refractivity (Wildman–Crippen MR) is 96.9 cm³/mol. The summed E-state index contributed by atoms with van der Waals surface area (Å²) in [4.78, 5) is 22.4. The number of allylic oxidation sites excluding steroid dienone is 2. The van der Waals surface area contributed by atoms with Crippen LogP contribution in [0, 0.1) is 10.1 Å². The molecule has 0 aliphatic carbocycles. The number of nitro benzene ring substituents is 1. The molecule has 0 saturated heterocycles. The molecule has 0 aliphatic heterocycles. The first-order valence-electron chi connectivity index (χ1n) is 7.51. The number of benzene rings is 1. The van der Waals surface area contributed by atoms with Crippen LogP contribution in [-0.2, 0) is 4.74 Å². The van der Waals surface area contributed by atoms with Crippen molar-refractivity contribution in [1.82, 2.24) is 0 Å². The summed E-state index contributed by atoms with van der Waals surface area (Å²) in [5.74, 6) is 0.233. The zero-order valence-electron chi connectivity index (χ0n) is 14.6. The average Bonchev–Trinajstić information content (AvgIpc) is 2.49. The fraction of sp³-hybridized carbons (Fsp3) is 0.278. The number of nitrogens with zero attached hydrogens (tertiary/aromatic N) is 1. The summed E-state index contributed by atoms with van der Waals surface area (Å²) in [7, 11) is 0. The Kier molecular flexibility index (Phi) is 6.93. The maximum atomic E-state index is 11.8. The van der Waals surface area contributed by atoms with Gasteiger partial charge in [0.15, 0.2) is 0 Å². The first kappa shape index (κ1) is 20.0. The summed E-state index contributed by atoms with van der Waals surface area (Å²) in [6, 6.07) is 3.98. The average molecular weight is 346 g/mol. The van der Waals surface area contributed by atoms with Crippen molar-refractivity contribution >= 4 is 17.5 Å². The van der Waals surface area contributed by atoms with Gasteiger partial charge in [0.05, 0.1) is 16.7 Å². The third-order valence-electron chi connectivity index (χ3n) is 2.75. The maximum Gasteiger partial charge on any atom is 0.412 e. The number of hydrogen-bond acceptors (Lipinski definition) is 5. The van der Waals surface area contributed by atoms with Gasteiger partial charge in [-0.05, 0) is 26.3 Å². The highest BCUT2D eigenvalue weighted by Gasteiger charge is 2.18. The Labute approximate surface area is 146 Å². The molecule has 1 aromatic rings. The second-order valence-electron chi connectivity index (χ2n) is 6.07. The summed E-state index contributed by atoms with van der Waals surface area (Å²) >= 11 is 0. The summed E-state index contributed by atoms with van der Waals surface area (Å²) in [6.45, 7) is 12.6. The maximum absolute atomic E-state index is 11.8. The van der Waals surface area contributed by atoms with Crippen molar-refractivity contribution < 1.29 is 19.2 Å². The third kappa shape index (κ3) is 7.34. The van der Waals surface area contributed by atoms with Gasteiger partial charge in [-0.15, -0.1) is 0 Å². The SMILES string of the molecule is C=C/C=C(\C=C)COc1cc(NC(=O)OC(C)(C)C)cc([N+](=O)[O-])c1. The van der Waals surface area contributed by atoms with E-state index in [1.54, 1.807) is 39.0 Å². The zero-order chi connectivity index (χ0) is 19.0. The van der Waals surface area contributed by atoms with Crippen molar-refractivity contribution in [3.05, 3.63) is 65.3 Å². The van der Waals surface area contributed by atoms with Crippen molar-refractivity contribution in [2.75, 3.05) is 11.9 Å². The number of non-ortho nitro benzene ring substituents is 1. The molecule has 1 amide bonds. The van der Waals surface area contributed by atoms with Crippen LogP contribution in [0.5, 0.6) is 5.75 Å². The van der Waals surface area contributed by atoms with Crippen LogP contribution >= 0.6 is 0 Å². The van der Waals surface area contributed by atoms with Crippen LogP contribution in [0.1, 0.15) is 20.8 Å². The zero-order valence-corrected chi connectivity index (χ0v) is 14.6. The van der Waals surface area contributed by atoms with Gasteiger partial charge in [0, 0.05) is 12.1 Å². The summed E-state index contributed by atoms with van der Waals surface area (Å²) < 4.78 is 10.7. The summed E-state index contributed by atoms with van der Waals surface area (Å²) in [6.07, 6.45) is 4.18. The fourth-order valence-electron chi connectivity index (χ4n) is 1.76. The summed E-state index contributed by atoms with van der Waals surface area (Å²) in [5, 5.41) is 13.5. The molecule has 0 spiro atoms. The Morgan fingerprint density at radius 1 is 1.32 bits per heavy atom. The molecule has 7 nitrogen and oxygen atoms in total. The molecule has 0 atom stereocenters. The number of ether oxygens (including phenoxy) is 2. The van der Waals surface area contributed by atoms with Gasteiger partial charge in [-0.2, -0.15) is 0 Å². The van der Waals surface area contributed by atoms with Gasteiger partial charge >= 0.3 is 6.09 Å². The summed E-state index contributed by atoms with van der Waals surface area (Å²) in [5.41, 5.74) is 0.0595. The van der Waals surface area contributed by atoms with E-state index in [2.05, 4.69) is 18.5 Å². The van der Waals surface area contributed by atoms with E-state index < -0.39 is 16.6 Å². The van der Waals surface area contributed by atoms with Crippen LogP contribution in [0.15, 0.2) is 55.2 Å². The smallest absolute Gasteiger partial charge is 0.412 e. The Balaban J connectivity index is 2.99. The highest BCUT2D eigenvalue weighted by atomic mass is 16.6. The standard InChI is InChI=1S/C18H22N2O5/c1-6-8-13(7-2)12-24-16-10-14(9-15(11-16)20(22)23)19-17(21)25-18(3,4)5/h6-11H,1-2,12H2,3-5H3,(H,19,21)/b13-8+. The second-order valence-corrected chi connectivity index (χ2v) is 6.07. The van der Waals surface area contributed by atoms with Crippen molar-refractivity contribution in [3.8, 4) is 5.75 Å². The lowest BCUT2D eigenvalue weighted by molar-refractivity contribution is -0.384. The highest BCUT2D eigenvalue weighted by molar-refractivity contribution is 5.85. The lowest BCUT2D eigenvalue weighted by atomic mass is 10.2. The molecule has 25 heavy (non-hydrogen) atoms. The molecule has 0 bridgehead atoms. The number of rotatable bonds is 7. The number of carbonyl (C=O) groups is 1. The van der Waals surface area contributed by atoms with E-state index in [4.69, 9.17) is 9.47 Å². The van der Waals surface area contributed by atoms with E-state index in [1.165, 1.54) is 18.2 Å². The molecule has 7 heteroatoms. The van der Waals surface area contributed by atoms with Crippen molar-refractivity contribution in [1.29, 1.82) is 0 Å². The van der Waals surface area contributed by atoms with Gasteiger partial charge in [-0.1, -0.05) is 31.4 Å². The second kappa shape index (κ2) is 8.68. The molecular weight excluding hydrogens is 324 g/mol. The van der Waals surface area contributed by atoms with Crippen LogP contribution in [0.25, 0.3) is 0 Å². The van der Waals surface area contributed by atoms with Crippen LogP contribution in [0.4, 0.5) is 16.2 Å². The van der Waals surface area contributed by atoms with Crippen LogP contribution in [0.3, 0.4) is 0 Å². The van der Waals surface area contributed by atoms with Gasteiger partial charge < -0.3 is 9.47 Å². The third-order valence-corrected chi connectivity index (χ3v) is 2.75. The Morgan fingerprint density at radius 2 is 2.00 bits per heavy atom. The molecule has 1 rings (SSSR count). The highest BCUT2D eigenvalue weighted by Crippen LogP contribution is 2.27. The van der Waals surface area contributed by atoms with Gasteiger partial charge in [0.25, 0.3) is 5.69 Å². The molecular formula is C18H22N2O5. The molecule has 134 valence electrons. The molecule has 1 N–H and O–H groups in total.